The molecule has 0 saturated heterocycles. The summed E-state index contributed by atoms with van der Waals surface area (Å²) in [6.45, 7) is 5.00. The number of carbonyl (C=O) groups excluding carboxylic acids is 1. The van der Waals surface area contributed by atoms with E-state index in [0.29, 0.717) is 33.7 Å². The summed E-state index contributed by atoms with van der Waals surface area (Å²) in [7, 11) is 3.37. The molecule has 0 saturated carbocycles. The van der Waals surface area contributed by atoms with Gasteiger partial charge in [0, 0.05) is 26.0 Å². The fraction of sp³-hybridized carbons (Fsp3) is 0.350. The van der Waals surface area contributed by atoms with E-state index in [9.17, 15) is 18.0 Å². The number of aromatic nitrogens is 3. The van der Waals surface area contributed by atoms with E-state index < -0.39 is 17.8 Å². The van der Waals surface area contributed by atoms with Crippen molar-refractivity contribution in [3.05, 3.63) is 47.4 Å². The van der Waals surface area contributed by atoms with E-state index in [0.717, 1.165) is 12.1 Å². The molecule has 0 spiro atoms. The SMILES string of the molecule is Cc1cc(C(F)(F)F)cc(C)c1Nc1nccc2c1ncn2C(C)C(=O)N(C)C. The number of aryl methyl sites for hydroxylation is 2. The van der Waals surface area contributed by atoms with Crippen molar-refractivity contribution in [2.75, 3.05) is 19.4 Å². The molecule has 0 aliphatic heterocycles. The van der Waals surface area contributed by atoms with Gasteiger partial charge in [0.05, 0.1) is 17.4 Å². The number of hydrogen-bond donors (Lipinski definition) is 1. The molecule has 0 radical (unpaired) electrons. The van der Waals surface area contributed by atoms with Crippen molar-refractivity contribution in [3.63, 3.8) is 0 Å². The maximum atomic E-state index is 13.0. The van der Waals surface area contributed by atoms with Crippen LogP contribution in [0.1, 0.15) is 29.7 Å². The second kappa shape index (κ2) is 7.38. The van der Waals surface area contributed by atoms with Crippen LogP contribution in [0.25, 0.3) is 11.0 Å². The molecule has 0 aliphatic rings. The molecule has 1 atom stereocenters. The standard InChI is InChI=1S/C20H22F3N5O/c1-11-8-14(20(21,22)23)9-12(2)16(11)26-18-17-15(6-7-24-18)28(10-25-17)13(3)19(29)27(4)5/h6-10,13H,1-5H3,(H,24,26). The first-order valence-corrected chi connectivity index (χ1v) is 8.99. The highest BCUT2D eigenvalue weighted by Gasteiger charge is 2.31. The lowest BCUT2D eigenvalue weighted by Gasteiger charge is -2.19. The van der Waals surface area contributed by atoms with Crippen LogP contribution < -0.4 is 5.32 Å². The number of anilines is 2. The molecule has 1 unspecified atom stereocenters. The average molecular weight is 405 g/mol. The molecule has 1 amide bonds. The second-order valence-corrected chi connectivity index (χ2v) is 7.20. The van der Waals surface area contributed by atoms with Crippen LogP contribution in [0.2, 0.25) is 0 Å². The van der Waals surface area contributed by atoms with Gasteiger partial charge in [0.1, 0.15) is 11.6 Å². The van der Waals surface area contributed by atoms with Gasteiger partial charge in [-0.3, -0.25) is 4.79 Å². The normalized spacial score (nSPS) is 12.8. The van der Waals surface area contributed by atoms with Gasteiger partial charge in [-0.05, 0) is 50.1 Å². The number of halogens is 3. The van der Waals surface area contributed by atoms with E-state index in [4.69, 9.17) is 0 Å². The number of carbonyl (C=O) groups is 1. The van der Waals surface area contributed by atoms with Crippen LogP contribution in [0, 0.1) is 13.8 Å². The summed E-state index contributed by atoms with van der Waals surface area (Å²) >= 11 is 0. The van der Waals surface area contributed by atoms with Gasteiger partial charge >= 0.3 is 6.18 Å². The zero-order valence-corrected chi connectivity index (χ0v) is 16.8. The third-order valence-electron chi connectivity index (χ3n) is 4.81. The highest BCUT2D eigenvalue weighted by atomic mass is 19.4. The van der Waals surface area contributed by atoms with E-state index in [1.54, 1.807) is 58.0 Å². The first-order valence-electron chi connectivity index (χ1n) is 8.99. The van der Waals surface area contributed by atoms with E-state index in [1.165, 1.54) is 4.90 Å². The Morgan fingerprint density at radius 3 is 2.34 bits per heavy atom. The predicted molar refractivity (Wildman–Crippen MR) is 105 cm³/mol. The molecule has 1 aromatic carbocycles. The van der Waals surface area contributed by atoms with E-state index >= 15 is 0 Å². The van der Waals surface area contributed by atoms with Crippen LogP contribution in [0.4, 0.5) is 24.7 Å². The molecule has 154 valence electrons. The van der Waals surface area contributed by atoms with Crippen LogP contribution in [0.15, 0.2) is 30.7 Å². The Bertz CT molecular complexity index is 1050. The lowest BCUT2D eigenvalue weighted by molar-refractivity contribution is -0.137. The number of nitrogens with zero attached hydrogens (tertiary/aromatic N) is 4. The molecule has 3 rings (SSSR count). The summed E-state index contributed by atoms with van der Waals surface area (Å²) in [5.41, 5.74) is 1.99. The number of rotatable bonds is 4. The molecular weight excluding hydrogens is 383 g/mol. The molecule has 0 bridgehead atoms. The third-order valence-corrected chi connectivity index (χ3v) is 4.81. The Morgan fingerprint density at radius 2 is 1.79 bits per heavy atom. The van der Waals surface area contributed by atoms with E-state index in [-0.39, 0.29) is 5.91 Å². The van der Waals surface area contributed by atoms with Crippen molar-refractivity contribution in [2.45, 2.75) is 33.0 Å². The molecule has 2 heterocycles. The van der Waals surface area contributed by atoms with Gasteiger partial charge in [-0.1, -0.05) is 0 Å². The van der Waals surface area contributed by atoms with Crippen molar-refractivity contribution in [2.24, 2.45) is 0 Å². The Balaban J connectivity index is 2.02. The number of nitrogens with one attached hydrogen (secondary N) is 1. The van der Waals surface area contributed by atoms with Crippen LogP contribution in [-0.4, -0.2) is 39.4 Å². The van der Waals surface area contributed by atoms with Gasteiger partial charge in [0.15, 0.2) is 5.82 Å². The van der Waals surface area contributed by atoms with Crippen molar-refractivity contribution in [1.82, 2.24) is 19.4 Å². The van der Waals surface area contributed by atoms with E-state index in [2.05, 4.69) is 15.3 Å². The second-order valence-electron chi connectivity index (χ2n) is 7.20. The number of imidazole rings is 1. The number of amides is 1. The molecule has 3 aromatic rings. The largest absolute Gasteiger partial charge is 0.416 e. The van der Waals surface area contributed by atoms with Crippen LogP contribution in [0.5, 0.6) is 0 Å². The van der Waals surface area contributed by atoms with Gasteiger partial charge in [-0.2, -0.15) is 13.2 Å². The third kappa shape index (κ3) is 3.90. The van der Waals surface area contributed by atoms with Gasteiger partial charge in [-0.15, -0.1) is 0 Å². The van der Waals surface area contributed by atoms with Gasteiger partial charge in [0.25, 0.3) is 0 Å². The number of likely N-dealkylation sites (N-methyl/N-ethyl adjacent to an activating group) is 1. The van der Waals surface area contributed by atoms with E-state index in [1.807, 2.05) is 0 Å². The smallest absolute Gasteiger partial charge is 0.347 e. The fourth-order valence-electron chi connectivity index (χ4n) is 3.30. The molecule has 0 aliphatic carbocycles. The maximum absolute atomic E-state index is 13.0. The highest BCUT2D eigenvalue weighted by molar-refractivity contribution is 5.90. The molecule has 29 heavy (non-hydrogen) atoms. The van der Waals surface area contributed by atoms with Crippen molar-refractivity contribution >= 4 is 28.4 Å². The Labute approximate surface area is 166 Å². The molecule has 0 fully saturated rings. The van der Waals surface area contributed by atoms with Crippen LogP contribution in [0.3, 0.4) is 0 Å². The van der Waals surface area contributed by atoms with Crippen molar-refractivity contribution < 1.29 is 18.0 Å². The topological polar surface area (TPSA) is 63.1 Å². The zero-order chi connectivity index (χ0) is 21.5. The summed E-state index contributed by atoms with van der Waals surface area (Å²) in [5.74, 6) is 0.335. The van der Waals surface area contributed by atoms with Crippen molar-refractivity contribution in [3.8, 4) is 0 Å². The lowest BCUT2D eigenvalue weighted by Crippen LogP contribution is -2.29. The Kier molecular flexibility index (Phi) is 5.25. The number of pyridine rings is 1. The average Bonchev–Trinajstić information content (AvgIpc) is 3.07. The monoisotopic (exact) mass is 405 g/mol. The minimum Gasteiger partial charge on any atom is -0.347 e. The Morgan fingerprint density at radius 1 is 1.17 bits per heavy atom. The number of benzene rings is 1. The Hall–Kier alpha value is -3.10. The number of fused-ring (bicyclic) bond motifs is 1. The number of alkyl halides is 3. The fourth-order valence-corrected chi connectivity index (χ4v) is 3.30. The molecule has 1 N–H and O–H groups in total. The quantitative estimate of drug-likeness (QED) is 0.696. The van der Waals surface area contributed by atoms with Crippen LogP contribution in [-0.2, 0) is 11.0 Å². The van der Waals surface area contributed by atoms with Crippen molar-refractivity contribution in [1.29, 1.82) is 0 Å². The lowest BCUT2D eigenvalue weighted by atomic mass is 10.0. The van der Waals surface area contributed by atoms with Gasteiger partial charge < -0.3 is 14.8 Å². The zero-order valence-electron chi connectivity index (χ0n) is 16.8. The minimum atomic E-state index is -4.40. The highest BCUT2D eigenvalue weighted by Crippen LogP contribution is 2.35. The van der Waals surface area contributed by atoms with Crippen LogP contribution >= 0.6 is 0 Å². The molecular formula is C20H22F3N5O. The maximum Gasteiger partial charge on any atom is 0.416 e. The summed E-state index contributed by atoms with van der Waals surface area (Å²) in [5, 5.41) is 3.12. The minimum absolute atomic E-state index is 0.0787. The van der Waals surface area contributed by atoms with Gasteiger partial charge in [-0.25, -0.2) is 9.97 Å². The van der Waals surface area contributed by atoms with Gasteiger partial charge in [0.2, 0.25) is 5.91 Å². The molecule has 9 heteroatoms. The summed E-state index contributed by atoms with van der Waals surface area (Å²) in [6.07, 6.45) is -1.26. The first kappa shape index (κ1) is 20.6. The predicted octanol–water partition coefficient (Wildman–Crippen LogP) is 4.46. The summed E-state index contributed by atoms with van der Waals surface area (Å²) in [6, 6.07) is 3.50. The number of hydrogen-bond acceptors (Lipinski definition) is 4. The first-order chi connectivity index (χ1) is 13.5. The summed E-state index contributed by atoms with van der Waals surface area (Å²) in [4.78, 5) is 22.5. The molecule has 6 nitrogen and oxygen atoms in total. The summed E-state index contributed by atoms with van der Waals surface area (Å²) < 4.78 is 40.9. The molecule has 2 aromatic heterocycles.